The highest BCUT2D eigenvalue weighted by atomic mass is 79.9. The van der Waals surface area contributed by atoms with Crippen molar-refractivity contribution in [2.75, 3.05) is 0 Å². The number of allylic oxidation sites excluding steroid dienone is 2. The zero-order chi connectivity index (χ0) is 19.5. The molecule has 28 heavy (non-hydrogen) atoms. The summed E-state index contributed by atoms with van der Waals surface area (Å²) in [7, 11) is 0. The Morgan fingerprint density at radius 3 is 2.54 bits per heavy atom. The van der Waals surface area contributed by atoms with E-state index in [1.165, 1.54) is 0 Å². The van der Waals surface area contributed by atoms with Gasteiger partial charge in [0.25, 0.3) is 0 Å². The van der Waals surface area contributed by atoms with Gasteiger partial charge in [0.15, 0.2) is 5.78 Å². The summed E-state index contributed by atoms with van der Waals surface area (Å²) in [5, 5.41) is 13.1. The van der Waals surface area contributed by atoms with Crippen LogP contribution in [0.4, 0.5) is 5.69 Å². The highest BCUT2D eigenvalue weighted by Gasteiger charge is 2.25. The van der Waals surface area contributed by atoms with E-state index in [4.69, 9.17) is 0 Å². The van der Waals surface area contributed by atoms with Gasteiger partial charge in [0.2, 0.25) is 0 Å². The third-order valence-electron chi connectivity index (χ3n) is 5.00. The summed E-state index contributed by atoms with van der Waals surface area (Å²) in [6, 6.07) is 21.7. The first-order chi connectivity index (χ1) is 13.6. The Balaban J connectivity index is 1.74. The second-order valence-corrected chi connectivity index (χ2v) is 7.86. The summed E-state index contributed by atoms with van der Waals surface area (Å²) in [5.41, 5.74) is 2.85. The molecule has 3 aromatic carbocycles. The molecule has 1 N–H and O–H groups in total. The van der Waals surface area contributed by atoms with Gasteiger partial charge in [0.1, 0.15) is 5.76 Å². The molecule has 3 nitrogen and oxygen atoms in total. The van der Waals surface area contributed by atoms with Crippen molar-refractivity contribution < 1.29 is 9.90 Å². The number of Topliss-reactive ketones (excluding diaryl/α,β-unsaturated/α-hetero) is 1. The minimum atomic E-state index is -0.0279. The van der Waals surface area contributed by atoms with Crippen molar-refractivity contribution in [2.45, 2.75) is 25.7 Å². The third-order valence-corrected chi connectivity index (χ3v) is 5.53. The van der Waals surface area contributed by atoms with Crippen LogP contribution >= 0.6 is 15.9 Å². The van der Waals surface area contributed by atoms with Gasteiger partial charge in [0, 0.05) is 17.3 Å². The Morgan fingerprint density at radius 2 is 1.71 bits per heavy atom. The van der Waals surface area contributed by atoms with Crippen molar-refractivity contribution in [3.63, 3.8) is 0 Å². The summed E-state index contributed by atoms with van der Waals surface area (Å²) in [4.78, 5) is 17.3. The number of carbonyl (C=O) groups is 1. The van der Waals surface area contributed by atoms with Crippen molar-refractivity contribution in [1.29, 1.82) is 0 Å². The van der Waals surface area contributed by atoms with E-state index in [1.807, 2.05) is 54.6 Å². The number of hydrogen-bond donors (Lipinski definition) is 1. The molecule has 3 aromatic rings. The van der Waals surface area contributed by atoms with Gasteiger partial charge in [-0.25, -0.2) is 0 Å². The third kappa shape index (κ3) is 3.92. The molecule has 1 saturated carbocycles. The maximum Gasteiger partial charge on any atom is 0.168 e. The Labute approximate surface area is 172 Å². The maximum atomic E-state index is 12.6. The molecule has 0 aromatic heterocycles. The summed E-state index contributed by atoms with van der Waals surface area (Å²) in [6.45, 7) is 0. The van der Waals surface area contributed by atoms with E-state index in [2.05, 4.69) is 33.1 Å². The van der Waals surface area contributed by atoms with E-state index in [0.717, 1.165) is 32.9 Å². The fraction of sp³-hybridized carbons (Fsp3) is 0.167. The van der Waals surface area contributed by atoms with E-state index < -0.39 is 0 Å². The van der Waals surface area contributed by atoms with E-state index in [1.54, 1.807) is 0 Å². The number of ketones is 1. The quantitative estimate of drug-likeness (QED) is 0.379. The van der Waals surface area contributed by atoms with E-state index in [0.29, 0.717) is 30.5 Å². The predicted octanol–water partition coefficient (Wildman–Crippen LogP) is 6.48. The van der Waals surface area contributed by atoms with E-state index >= 15 is 0 Å². The second kappa shape index (κ2) is 8.11. The Morgan fingerprint density at radius 1 is 0.964 bits per heavy atom. The number of aliphatic hydroxyl groups is 1. The number of rotatable bonds is 3. The molecular weight excluding hydrogens is 414 g/mol. The van der Waals surface area contributed by atoms with Gasteiger partial charge in [-0.15, -0.1) is 0 Å². The number of aliphatic hydroxyl groups excluding tert-OH is 1. The molecule has 0 atom stereocenters. The molecule has 0 radical (unpaired) electrons. The maximum absolute atomic E-state index is 12.6. The standard InChI is InChI=1S/C24H20BrNO2/c25-18-11-13-19(14-12-18)26-21-9-4-10-22(27)24(21)23(28)15-17-7-3-6-16-5-1-2-8-20(16)17/h1-3,5-8,11-14,28H,4,9-10,15H2. The number of fused-ring (bicyclic) bond motifs is 1. The van der Waals surface area contributed by atoms with Crippen molar-refractivity contribution in [2.24, 2.45) is 4.99 Å². The van der Waals surface area contributed by atoms with Crippen LogP contribution in [0.5, 0.6) is 0 Å². The monoisotopic (exact) mass is 433 g/mol. The molecule has 0 aliphatic heterocycles. The van der Waals surface area contributed by atoms with Crippen LogP contribution in [0.1, 0.15) is 24.8 Å². The lowest BCUT2D eigenvalue weighted by molar-refractivity contribution is -0.115. The molecule has 0 spiro atoms. The average Bonchev–Trinajstić information content (AvgIpc) is 2.70. The summed E-state index contributed by atoms with van der Waals surface area (Å²) >= 11 is 3.42. The average molecular weight is 434 g/mol. The van der Waals surface area contributed by atoms with Crippen LogP contribution in [0.3, 0.4) is 0 Å². The molecule has 0 unspecified atom stereocenters. The van der Waals surface area contributed by atoms with Crippen LogP contribution in [-0.2, 0) is 11.2 Å². The minimum absolute atomic E-state index is 0.0279. The van der Waals surface area contributed by atoms with Crippen LogP contribution < -0.4 is 0 Å². The molecular formula is C24H20BrNO2. The first-order valence-electron chi connectivity index (χ1n) is 9.37. The lowest BCUT2D eigenvalue weighted by atomic mass is 9.88. The molecule has 0 amide bonds. The number of aliphatic imine (C=N–C) groups is 1. The Kier molecular flexibility index (Phi) is 5.40. The van der Waals surface area contributed by atoms with Gasteiger partial charge < -0.3 is 5.11 Å². The van der Waals surface area contributed by atoms with Gasteiger partial charge >= 0.3 is 0 Å². The highest BCUT2D eigenvalue weighted by molar-refractivity contribution is 9.10. The molecule has 4 rings (SSSR count). The van der Waals surface area contributed by atoms with Crippen molar-refractivity contribution >= 4 is 43.9 Å². The molecule has 4 heteroatoms. The number of hydrogen-bond acceptors (Lipinski definition) is 3. The lowest BCUT2D eigenvalue weighted by Crippen LogP contribution is -2.21. The number of benzene rings is 3. The van der Waals surface area contributed by atoms with E-state index in [9.17, 15) is 9.90 Å². The van der Waals surface area contributed by atoms with Crippen molar-refractivity contribution in [3.05, 3.63) is 88.1 Å². The Bertz CT molecular complexity index is 1090. The number of halogens is 1. The van der Waals surface area contributed by atoms with Crippen LogP contribution in [0.25, 0.3) is 10.8 Å². The largest absolute Gasteiger partial charge is 0.511 e. The van der Waals surface area contributed by atoms with Crippen LogP contribution in [0, 0.1) is 0 Å². The molecule has 0 bridgehead atoms. The Hall–Kier alpha value is -2.72. The first kappa shape index (κ1) is 18.6. The van der Waals surface area contributed by atoms with Gasteiger partial charge in [-0.1, -0.05) is 58.4 Å². The molecule has 0 heterocycles. The lowest BCUT2D eigenvalue weighted by Gasteiger charge is -2.18. The topological polar surface area (TPSA) is 49.7 Å². The van der Waals surface area contributed by atoms with E-state index in [-0.39, 0.29) is 11.5 Å². The summed E-state index contributed by atoms with van der Waals surface area (Å²) in [6.07, 6.45) is 2.23. The van der Waals surface area contributed by atoms with Crippen LogP contribution in [-0.4, -0.2) is 16.6 Å². The summed E-state index contributed by atoms with van der Waals surface area (Å²) < 4.78 is 0.978. The van der Waals surface area contributed by atoms with Gasteiger partial charge in [-0.3, -0.25) is 9.79 Å². The van der Waals surface area contributed by atoms with Gasteiger partial charge in [-0.2, -0.15) is 0 Å². The van der Waals surface area contributed by atoms with Crippen molar-refractivity contribution in [3.8, 4) is 0 Å². The van der Waals surface area contributed by atoms with Gasteiger partial charge in [0.05, 0.1) is 17.0 Å². The minimum Gasteiger partial charge on any atom is -0.511 e. The molecule has 1 aliphatic carbocycles. The SMILES string of the molecule is O=C1CCCC(=Nc2ccc(Br)cc2)C1=C(O)Cc1cccc2ccccc12. The second-order valence-electron chi connectivity index (χ2n) is 6.95. The fourth-order valence-electron chi connectivity index (χ4n) is 3.65. The number of carbonyl (C=O) groups excluding carboxylic acids is 1. The zero-order valence-corrected chi connectivity index (χ0v) is 16.9. The highest BCUT2D eigenvalue weighted by Crippen LogP contribution is 2.27. The fourth-order valence-corrected chi connectivity index (χ4v) is 3.92. The first-order valence-corrected chi connectivity index (χ1v) is 10.2. The zero-order valence-electron chi connectivity index (χ0n) is 15.4. The normalized spacial score (nSPS) is 17.9. The predicted molar refractivity (Wildman–Crippen MR) is 117 cm³/mol. The van der Waals surface area contributed by atoms with Crippen LogP contribution in [0.15, 0.2) is 87.5 Å². The van der Waals surface area contributed by atoms with Crippen LogP contribution in [0.2, 0.25) is 0 Å². The molecule has 0 saturated heterocycles. The summed E-state index contributed by atoms with van der Waals surface area (Å²) in [5.74, 6) is 0.0803. The molecule has 1 fully saturated rings. The number of nitrogens with zero attached hydrogens (tertiary/aromatic N) is 1. The molecule has 140 valence electrons. The molecule has 1 aliphatic rings. The van der Waals surface area contributed by atoms with Crippen molar-refractivity contribution in [1.82, 2.24) is 0 Å². The van der Waals surface area contributed by atoms with Gasteiger partial charge in [-0.05, 0) is 53.4 Å². The smallest absolute Gasteiger partial charge is 0.168 e.